The molecule has 0 radical (unpaired) electrons. The van der Waals surface area contributed by atoms with E-state index >= 15 is 0 Å². The summed E-state index contributed by atoms with van der Waals surface area (Å²) < 4.78 is 24.7. The molecule has 3 aliphatic heterocycles. The molecule has 3 aliphatic rings. The maximum Gasteiger partial charge on any atom is 0.236 e. The summed E-state index contributed by atoms with van der Waals surface area (Å²) >= 11 is 1.76. The van der Waals surface area contributed by atoms with Gasteiger partial charge < -0.3 is 4.90 Å². The molecule has 0 unspecified atom stereocenters. The molecule has 1 amide bonds. The molecule has 1 aromatic carbocycles. The van der Waals surface area contributed by atoms with Crippen molar-refractivity contribution >= 4 is 37.3 Å². The Morgan fingerprint density at radius 1 is 1.10 bits per heavy atom. The van der Waals surface area contributed by atoms with Gasteiger partial charge in [0.05, 0.1) is 33.3 Å². The fourth-order valence-corrected chi connectivity index (χ4v) is 7.97. The summed E-state index contributed by atoms with van der Waals surface area (Å²) in [6.45, 7) is 5.42. The van der Waals surface area contributed by atoms with Crippen LogP contribution in [0.3, 0.4) is 0 Å². The predicted octanol–water partition coefficient (Wildman–Crippen LogP) is 1.81. The maximum atomic E-state index is 13.0. The zero-order valence-corrected chi connectivity index (χ0v) is 19.4. The fourth-order valence-electron chi connectivity index (χ4n) is 5.11. The highest BCUT2D eigenvalue weighted by Gasteiger charge is 2.34. The van der Waals surface area contributed by atoms with Gasteiger partial charge in [-0.05, 0) is 31.4 Å². The summed E-state index contributed by atoms with van der Waals surface area (Å²) in [7, 11) is -2.85. The number of benzene rings is 1. The van der Waals surface area contributed by atoms with Gasteiger partial charge >= 0.3 is 0 Å². The van der Waals surface area contributed by atoms with E-state index in [4.69, 9.17) is 4.98 Å². The summed E-state index contributed by atoms with van der Waals surface area (Å²) in [6.07, 6.45) is 2.87. The number of sulfone groups is 1. The largest absolute Gasteiger partial charge is 0.341 e. The summed E-state index contributed by atoms with van der Waals surface area (Å²) in [5.74, 6) is 1.16. The molecular weight excluding hydrogens is 432 g/mol. The molecule has 168 valence electrons. The average Bonchev–Trinajstić information content (AvgIpc) is 3.37. The van der Waals surface area contributed by atoms with Crippen LogP contribution in [-0.4, -0.2) is 97.4 Å². The molecule has 4 heterocycles. The molecule has 0 N–H and O–H groups in total. The molecule has 2 atom stereocenters. The Balaban J connectivity index is 1.14. The van der Waals surface area contributed by atoms with Crippen molar-refractivity contribution < 1.29 is 13.2 Å². The number of para-hydroxylation sites is 1. The first kappa shape index (κ1) is 21.3. The van der Waals surface area contributed by atoms with Crippen LogP contribution in [0.2, 0.25) is 0 Å². The third-order valence-corrected chi connectivity index (χ3v) is 9.87. The van der Waals surface area contributed by atoms with Gasteiger partial charge in [0.1, 0.15) is 0 Å². The Hall–Kier alpha value is -1.55. The Morgan fingerprint density at radius 3 is 2.65 bits per heavy atom. The summed E-state index contributed by atoms with van der Waals surface area (Å²) in [5.41, 5.74) is 1.05. The van der Waals surface area contributed by atoms with E-state index in [0.717, 1.165) is 69.1 Å². The van der Waals surface area contributed by atoms with Gasteiger partial charge in [0.2, 0.25) is 5.91 Å². The SMILES string of the molecule is O=C(CN1CCN([C@H]2CCS(=O)(=O)C2)CC1)N1CCC[C@H](c2nc3ccccc3s2)C1. The summed E-state index contributed by atoms with van der Waals surface area (Å²) in [5, 5.41) is 1.15. The van der Waals surface area contributed by atoms with E-state index in [9.17, 15) is 13.2 Å². The van der Waals surface area contributed by atoms with Gasteiger partial charge in [0.25, 0.3) is 0 Å². The number of thiazole rings is 1. The third kappa shape index (κ3) is 4.79. The van der Waals surface area contributed by atoms with E-state index in [2.05, 4.69) is 21.9 Å². The lowest BCUT2D eigenvalue weighted by atomic mass is 9.98. The number of hydrogen-bond donors (Lipinski definition) is 0. The topological polar surface area (TPSA) is 73.8 Å². The molecule has 0 spiro atoms. The van der Waals surface area contributed by atoms with E-state index in [1.54, 1.807) is 11.3 Å². The lowest BCUT2D eigenvalue weighted by Gasteiger charge is -2.39. The van der Waals surface area contributed by atoms with Gasteiger partial charge in [-0.15, -0.1) is 11.3 Å². The standard InChI is InChI=1S/C22H30N4O3S2/c27-21(15-24-9-11-25(12-10-24)18-7-13-31(28,29)16-18)26-8-3-4-17(14-26)22-23-19-5-1-2-6-20(19)30-22/h1-2,5-6,17-18H,3-4,7-16H2/t17-,18-/m0/s1. The van der Waals surface area contributed by atoms with Crippen LogP contribution < -0.4 is 0 Å². The van der Waals surface area contributed by atoms with Crippen LogP contribution in [0, 0.1) is 0 Å². The van der Waals surface area contributed by atoms with Crippen molar-refractivity contribution in [1.82, 2.24) is 19.7 Å². The number of aromatic nitrogens is 1. The number of nitrogens with zero attached hydrogens (tertiary/aromatic N) is 4. The second kappa shape index (κ2) is 8.77. The summed E-state index contributed by atoms with van der Waals surface area (Å²) in [6, 6.07) is 8.41. The van der Waals surface area contributed by atoms with Crippen LogP contribution in [0.5, 0.6) is 0 Å². The number of piperazine rings is 1. The van der Waals surface area contributed by atoms with Crippen molar-refractivity contribution in [3.63, 3.8) is 0 Å². The molecule has 9 heteroatoms. The second-order valence-electron chi connectivity index (χ2n) is 9.07. The second-order valence-corrected chi connectivity index (χ2v) is 12.4. The van der Waals surface area contributed by atoms with Crippen molar-refractivity contribution in [3.05, 3.63) is 29.3 Å². The molecule has 3 fully saturated rings. The van der Waals surface area contributed by atoms with Crippen LogP contribution in [-0.2, 0) is 14.6 Å². The first-order chi connectivity index (χ1) is 15.0. The minimum Gasteiger partial charge on any atom is -0.341 e. The van der Waals surface area contributed by atoms with Gasteiger partial charge in [-0.25, -0.2) is 13.4 Å². The minimum atomic E-state index is -2.85. The molecule has 5 rings (SSSR count). The number of rotatable bonds is 4. The molecule has 31 heavy (non-hydrogen) atoms. The lowest BCUT2D eigenvalue weighted by Crippen LogP contribution is -2.53. The molecule has 7 nitrogen and oxygen atoms in total. The minimum absolute atomic E-state index is 0.166. The highest BCUT2D eigenvalue weighted by molar-refractivity contribution is 7.91. The van der Waals surface area contributed by atoms with Crippen molar-refractivity contribution in [2.45, 2.75) is 31.2 Å². The van der Waals surface area contributed by atoms with Crippen LogP contribution in [0.4, 0.5) is 0 Å². The van der Waals surface area contributed by atoms with Gasteiger partial charge in [-0.1, -0.05) is 12.1 Å². The van der Waals surface area contributed by atoms with Gasteiger partial charge in [0, 0.05) is 51.2 Å². The number of likely N-dealkylation sites (tertiary alicyclic amines) is 1. The average molecular weight is 463 g/mol. The smallest absolute Gasteiger partial charge is 0.236 e. The number of amides is 1. The molecular formula is C22H30N4O3S2. The van der Waals surface area contributed by atoms with Crippen LogP contribution >= 0.6 is 11.3 Å². The van der Waals surface area contributed by atoms with Gasteiger partial charge in [-0.2, -0.15) is 0 Å². The Kier molecular flexibility index (Phi) is 6.02. The molecule has 0 aliphatic carbocycles. The number of fused-ring (bicyclic) bond motifs is 1. The summed E-state index contributed by atoms with van der Waals surface area (Å²) in [4.78, 5) is 24.4. The molecule has 2 aromatic rings. The lowest BCUT2D eigenvalue weighted by molar-refractivity contribution is -0.134. The normalized spacial score (nSPS) is 27.7. The Labute approximate surface area is 187 Å². The van der Waals surface area contributed by atoms with E-state index in [-0.39, 0.29) is 11.9 Å². The molecule has 3 saturated heterocycles. The molecule has 1 aromatic heterocycles. The van der Waals surface area contributed by atoms with Crippen LogP contribution in [0.25, 0.3) is 10.2 Å². The van der Waals surface area contributed by atoms with Crippen molar-refractivity contribution in [2.24, 2.45) is 0 Å². The highest BCUT2D eigenvalue weighted by Crippen LogP contribution is 2.33. The van der Waals surface area contributed by atoms with Crippen LogP contribution in [0.1, 0.15) is 30.2 Å². The van der Waals surface area contributed by atoms with E-state index in [1.807, 2.05) is 17.0 Å². The van der Waals surface area contributed by atoms with Gasteiger partial charge in [0.15, 0.2) is 9.84 Å². The number of carbonyl (C=O) groups excluding carboxylic acids is 1. The fraction of sp³-hybridized carbons (Fsp3) is 0.636. The number of carbonyl (C=O) groups is 1. The van der Waals surface area contributed by atoms with E-state index < -0.39 is 9.84 Å². The quantitative estimate of drug-likeness (QED) is 0.690. The number of hydrogen-bond acceptors (Lipinski definition) is 7. The maximum absolute atomic E-state index is 13.0. The first-order valence-electron chi connectivity index (χ1n) is 11.3. The van der Waals surface area contributed by atoms with E-state index in [0.29, 0.717) is 24.0 Å². The van der Waals surface area contributed by atoms with Crippen molar-refractivity contribution in [3.8, 4) is 0 Å². The highest BCUT2D eigenvalue weighted by atomic mass is 32.2. The van der Waals surface area contributed by atoms with Crippen molar-refractivity contribution in [1.29, 1.82) is 0 Å². The Bertz CT molecular complexity index is 1010. The third-order valence-electron chi connectivity index (χ3n) is 6.92. The van der Waals surface area contributed by atoms with Gasteiger partial charge in [-0.3, -0.25) is 14.6 Å². The molecule has 0 saturated carbocycles. The number of piperidine rings is 1. The monoisotopic (exact) mass is 462 g/mol. The predicted molar refractivity (Wildman–Crippen MR) is 123 cm³/mol. The zero-order chi connectivity index (χ0) is 21.4. The molecule has 0 bridgehead atoms. The first-order valence-corrected chi connectivity index (χ1v) is 13.9. The van der Waals surface area contributed by atoms with E-state index in [1.165, 1.54) is 4.70 Å². The Morgan fingerprint density at radius 2 is 1.90 bits per heavy atom. The van der Waals surface area contributed by atoms with Crippen molar-refractivity contribution in [2.75, 3.05) is 57.3 Å². The van der Waals surface area contributed by atoms with Crippen LogP contribution in [0.15, 0.2) is 24.3 Å². The zero-order valence-electron chi connectivity index (χ0n) is 17.8.